The van der Waals surface area contributed by atoms with Gasteiger partial charge in [-0.05, 0) is 31.4 Å². The topological polar surface area (TPSA) is 61.8 Å². The predicted molar refractivity (Wildman–Crippen MR) is 65.5 cm³/mol. The van der Waals surface area contributed by atoms with E-state index >= 15 is 0 Å². The summed E-state index contributed by atoms with van der Waals surface area (Å²) in [5, 5.41) is 18.6. The zero-order valence-corrected chi connectivity index (χ0v) is 9.85. The van der Waals surface area contributed by atoms with E-state index in [9.17, 15) is 0 Å². The number of aliphatic hydroxyl groups excluding tert-OH is 1. The summed E-state index contributed by atoms with van der Waals surface area (Å²) < 4.78 is 2.05. The van der Waals surface area contributed by atoms with Crippen molar-refractivity contribution in [1.82, 2.24) is 9.55 Å². The molecule has 17 heavy (non-hydrogen) atoms. The fraction of sp³-hybridized carbons (Fsp3) is 0.385. The molecule has 0 aliphatic rings. The van der Waals surface area contributed by atoms with Crippen molar-refractivity contribution in [3.8, 4) is 6.07 Å². The van der Waals surface area contributed by atoms with Gasteiger partial charge in [-0.2, -0.15) is 5.26 Å². The van der Waals surface area contributed by atoms with Gasteiger partial charge in [-0.25, -0.2) is 4.98 Å². The van der Waals surface area contributed by atoms with Crippen LogP contribution in [0.1, 0.15) is 24.1 Å². The number of aryl methyl sites for hydroxylation is 2. The summed E-state index contributed by atoms with van der Waals surface area (Å²) in [4.78, 5) is 4.29. The van der Waals surface area contributed by atoms with Gasteiger partial charge in [0.1, 0.15) is 11.7 Å². The van der Waals surface area contributed by atoms with Crippen LogP contribution in [0, 0.1) is 11.3 Å². The van der Waals surface area contributed by atoms with E-state index in [4.69, 9.17) is 10.4 Å². The van der Waals surface area contributed by atoms with Crippen molar-refractivity contribution in [1.29, 1.82) is 5.26 Å². The van der Waals surface area contributed by atoms with Gasteiger partial charge in [-0.3, -0.25) is 0 Å². The van der Waals surface area contributed by atoms with Crippen molar-refractivity contribution in [3.63, 3.8) is 0 Å². The Kier molecular flexibility index (Phi) is 3.40. The first kappa shape index (κ1) is 11.6. The molecule has 0 atom stereocenters. The molecule has 0 aliphatic heterocycles. The van der Waals surface area contributed by atoms with Crippen LogP contribution in [-0.2, 0) is 13.5 Å². The molecule has 0 bridgehead atoms. The van der Waals surface area contributed by atoms with Crippen LogP contribution in [0.4, 0.5) is 0 Å². The number of aromatic nitrogens is 2. The largest absolute Gasteiger partial charge is 0.396 e. The maximum atomic E-state index is 8.82. The van der Waals surface area contributed by atoms with Gasteiger partial charge >= 0.3 is 0 Å². The lowest BCUT2D eigenvalue weighted by Crippen LogP contribution is -1.98. The first-order chi connectivity index (χ1) is 8.26. The lowest BCUT2D eigenvalue weighted by Gasteiger charge is -2.02. The van der Waals surface area contributed by atoms with Crippen LogP contribution in [0.2, 0.25) is 0 Å². The fourth-order valence-corrected chi connectivity index (χ4v) is 1.99. The number of hydrogen-bond donors (Lipinski definition) is 1. The van der Waals surface area contributed by atoms with E-state index in [2.05, 4.69) is 17.1 Å². The molecule has 4 heteroatoms. The molecular formula is C13H15N3O. The second kappa shape index (κ2) is 4.98. The predicted octanol–water partition coefficient (Wildman–Crippen LogP) is 1.76. The van der Waals surface area contributed by atoms with E-state index in [1.165, 1.54) is 5.69 Å². The van der Waals surface area contributed by atoms with Crippen LogP contribution in [0.5, 0.6) is 0 Å². The van der Waals surface area contributed by atoms with E-state index in [0.29, 0.717) is 5.56 Å². The lowest BCUT2D eigenvalue weighted by molar-refractivity contribution is 0.284. The molecule has 2 rings (SSSR count). The number of aliphatic hydroxyl groups is 1. The zero-order valence-electron chi connectivity index (χ0n) is 9.85. The molecule has 0 aliphatic carbocycles. The van der Waals surface area contributed by atoms with Gasteiger partial charge in [0.2, 0.25) is 0 Å². The summed E-state index contributed by atoms with van der Waals surface area (Å²) in [6.07, 6.45) is 4.30. The van der Waals surface area contributed by atoms with Gasteiger partial charge in [-0.15, -0.1) is 0 Å². The molecule has 0 unspecified atom stereocenters. The summed E-state index contributed by atoms with van der Waals surface area (Å²) in [6, 6.07) is 6.02. The van der Waals surface area contributed by atoms with E-state index in [1.807, 2.05) is 17.7 Å². The standard InChI is InChI=1S/C13H15N3O/c1-16-12(4-2-3-5-17)7-11-6-10(8-14)9-15-13(11)16/h6-7,9,17H,2-5H2,1H3. The third-order valence-corrected chi connectivity index (χ3v) is 2.94. The maximum Gasteiger partial charge on any atom is 0.139 e. The van der Waals surface area contributed by atoms with E-state index in [1.54, 1.807) is 6.20 Å². The van der Waals surface area contributed by atoms with Gasteiger partial charge in [0.05, 0.1) is 5.56 Å². The first-order valence-corrected chi connectivity index (χ1v) is 5.71. The molecule has 0 amide bonds. The Morgan fingerprint density at radius 3 is 2.94 bits per heavy atom. The minimum absolute atomic E-state index is 0.237. The average Bonchev–Trinajstić information content (AvgIpc) is 2.66. The monoisotopic (exact) mass is 229 g/mol. The van der Waals surface area contributed by atoms with Crippen molar-refractivity contribution < 1.29 is 5.11 Å². The smallest absolute Gasteiger partial charge is 0.139 e. The van der Waals surface area contributed by atoms with E-state index in [-0.39, 0.29) is 6.61 Å². The number of nitriles is 1. The van der Waals surface area contributed by atoms with Crippen LogP contribution in [0.15, 0.2) is 18.3 Å². The molecule has 0 fully saturated rings. The van der Waals surface area contributed by atoms with Crippen molar-refractivity contribution in [2.24, 2.45) is 7.05 Å². The van der Waals surface area contributed by atoms with Gasteiger partial charge in [0, 0.05) is 30.9 Å². The van der Waals surface area contributed by atoms with Gasteiger partial charge < -0.3 is 9.67 Å². The molecule has 2 aromatic heterocycles. The van der Waals surface area contributed by atoms with Crippen molar-refractivity contribution >= 4 is 11.0 Å². The van der Waals surface area contributed by atoms with Crippen molar-refractivity contribution in [2.75, 3.05) is 6.61 Å². The minimum Gasteiger partial charge on any atom is -0.396 e. The average molecular weight is 229 g/mol. The highest BCUT2D eigenvalue weighted by molar-refractivity contribution is 5.78. The third kappa shape index (κ3) is 2.29. The molecule has 0 saturated carbocycles. The molecule has 0 radical (unpaired) electrons. The number of nitrogens with zero attached hydrogens (tertiary/aromatic N) is 3. The zero-order chi connectivity index (χ0) is 12.3. The van der Waals surface area contributed by atoms with E-state index in [0.717, 1.165) is 30.3 Å². The number of fused-ring (bicyclic) bond motifs is 1. The van der Waals surface area contributed by atoms with Crippen LogP contribution in [-0.4, -0.2) is 21.3 Å². The van der Waals surface area contributed by atoms with Gasteiger partial charge in [0.25, 0.3) is 0 Å². The normalized spacial score (nSPS) is 10.6. The highest BCUT2D eigenvalue weighted by Gasteiger charge is 2.07. The van der Waals surface area contributed by atoms with E-state index < -0.39 is 0 Å². The van der Waals surface area contributed by atoms with Crippen LogP contribution < -0.4 is 0 Å². The molecule has 0 spiro atoms. The Labute approximate surface area is 100 Å². The summed E-state index contributed by atoms with van der Waals surface area (Å²) in [6.45, 7) is 0.237. The third-order valence-electron chi connectivity index (χ3n) is 2.94. The Morgan fingerprint density at radius 2 is 2.24 bits per heavy atom. The molecule has 1 N–H and O–H groups in total. The molecule has 2 aromatic rings. The number of rotatable bonds is 4. The maximum absolute atomic E-state index is 8.82. The highest BCUT2D eigenvalue weighted by Crippen LogP contribution is 2.19. The summed E-state index contributed by atoms with van der Waals surface area (Å²) in [7, 11) is 1.98. The summed E-state index contributed by atoms with van der Waals surface area (Å²) >= 11 is 0. The first-order valence-electron chi connectivity index (χ1n) is 5.71. The Hall–Kier alpha value is -1.86. The van der Waals surface area contributed by atoms with Crippen LogP contribution >= 0.6 is 0 Å². The van der Waals surface area contributed by atoms with Crippen LogP contribution in [0.3, 0.4) is 0 Å². The SMILES string of the molecule is Cn1c(CCCCO)cc2cc(C#N)cnc21. The number of pyridine rings is 1. The van der Waals surface area contributed by atoms with Crippen molar-refractivity contribution in [2.45, 2.75) is 19.3 Å². The minimum atomic E-state index is 0.237. The lowest BCUT2D eigenvalue weighted by atomic mass is 10.2. The molecule has 88 valence electrons. The second-order valence-electron chi connectivity index (χ2n) is 4.12. The fourth-order valence-electron chi connectivity index (χ4n) is 1.99. The van der Waals surface area contributed by atoms with Crippen molar-refractivity contribution in [3.05, 3.63) is 29.6 Å². The van der Waals surface area contributed by atoms with Gasteiger partial charge in [0.15, 0.2) is 0 Å². The molecule has 2 heterocycles. The summed E-state index contributed by atoms with van der Waals surface area (Å²) in [5.41, 5.74) is 2.68. The van der Waals surface area contributed by atoms with Crippen LogP contribution in [0.25, 0.3) is 11.0 Å². The molecule has 4 nitrogen and oxygen atoms in total. The van der Waals surface area contributed by atoms with Gasteiger partial charge in [-0.1, -0.05) is 0 Å². The molecule has 0 aromatic carbocycles. The molecular weight excluding hydrogens is 214 g/mol. The quantitative estimate of drug-likeness (QED) is 0.812. The second-order valence-corrected chi connectivity index (χ2v) is 4.12. The summed E-state index contributed by atoms with van der Waals surface area (Å²) in [5.74, 6) is 0. The Balaban J connectivity index is 2.32. The Morgan fingerprint density at radius 1 is 1.41 bits per heavy atom. The molecule has 0 saturated heterocycles. The number of hydrogen-bond acceptors (Lipinski definition) is 3. The number of unbranched alkanes of at least 4 members (excludes halogenated alkanes) is 1. The highest BCUT2D eigenvalue weighted by atomic mass is 16.2. The Bertz CT molecular complexity index is 566.